The first kappa shape index (κ1) is 11.9. The van der Waals surface area contributed by atoms with Gasteiger partial charge in [0.2, 0.25) is 0 Å². The van der Waals surface area contributed by atoms with Crippen LogP contribution < -0.4 is 15.5 Å². The van der Waals surface area contributed by atoms with Gasteiger partial charge in [-0.2, -0.15) is 5.10 Å². The number of hydrogen-bond acceptors (Lipinski definition) is 5. The molecule has 0 saturated carbocycles. The van der Waals surface area contributed by atoms with Crippen molar-refractivity contribution in [3.8, 4) is 0 Å². The summed E-state index contributed by atoms with van der Waals surface area (Å²) in [5.41, 5.74) is 1.09. The zero-order valence-electron chi connectivity index (χ0n) is 10.8. The molecule has 0 bridgehead atoms. The molecule has 1 aliphatic rings. The number of nitrogens with zero attached hydrogens (tertiary/aromatic N) is 4. The van der Waals surface area contributed by atoms with E-state index in [2.05, 4.69) is 25.6 Å². The molecule has 2 N–H and O–H groups in total. The molecule has 1 amide bonds. The number of hydrogen-bond donors (Lipinski definition) is 2. The zero-order chi connectivity index (χ0) is 13.2. The smallest absolute Gasteiger partial charge is 0.256 e. The third kappa shape index (κ3) is 2.12. The fourth-order valence-electron chi connectivity index (χ4n) is 2.22. The molecule has 0 atom stereocenters. The Labute approximate surface area is 110 Å². The third-order valence-corrected chi connectivity index (χ3v) is 3.27. The molecule has 0 unspecified atom stereocenters. The number of aromatic nitrogens is 3. The number of amides is 1. The fourth-order valence-corrected chi connectivity index (χ4v) is 2.22. The quantitative estimate of drug-likeness (QED) is 0.761. The molecular formula is C12H16N6O. The molecule has 7 nitrogen and oxygen atoms in total. The Bertz CT molecular complexity index is 601. The lowest BCUT2D eigenvalue weighted by atomic mass is 10.3. The SMILES string of the molecule is CNC(=O)c1cnn2ccc(N3CCNCC3)nc12. The lowest BCUT2D eigenvalue weighted by molar-refractivity contribution is 0.0964. The Kier molecular flexibility index (Phi) is 3.04. The van der Waals surface area contributed by atoms with E-state index in [9.17, 15) is 4.79 Å². The maximum Gasteiger partial charge on any atom is 0.256 e. The molecule has 1 fully saturated rings. The topological polar surface area (TPSA) is 74.6 Å². The van der Waals surface area contributed by atoms with Gasteiger partial charge in [0.25, 0.3) is 5.91 Å². The Hall–Kier alpha value is -2.15. The number of rotatable bonds is 2. The average molecular weight is 260 g/mol. The third-order valence-electron chi connectivity index (χ3n) is 3.27. The first-order valence-electron chi connectivity index (χ1n) is 6.32. The van der Waals surface area contributed by atoms with E-state index >= 15 is 0 Å². The molecule has 1 saturated heterocycles. The highest BCUT2D eigenvalue weighted by atomic mass is 16.1. The van der Waals surface area contributed by atoms with Crippen molar-refractivity contribution in [1.82, 2.24) is 25.2 Å². The highest BCUT2D eigenvalue weighted by Gasteiger charge is 2.16. The van der Waals surface area contributed by atoms with Crippen molar-refractivity contribution in [2.24, 2.45) is 0 Å². The first-order valence-corrected chi connectivity index (χ1v) is 6.32. The molecule has 0 aromatic carbocycles. The summed E-state index contributed by atoms with van der Waals surface area (Å²) in [6.07, 6.45) is 3.38. The predicted molar refractivity (Wildman–Crippen MR) is 71.5 cm³/mol. The van der Waals surface area contributed by atoms with Crippen LogP contribution in [0.15, 0.2) is 18.5 Å². The summed E-state index contributed by atoms with van der Waals surface area (Å²) in [5, 5.41) is 10.0. The first-order chi connectivity index (χ1) is 9.29. The number of nitrogens with one attached hydrogen (secondary N) is 2. The van der Waals surface area contributed by atoms with E-state index in [1.165, 1.54) is 0 Å². The van der Waals surface area contributed by atoms with Gasteiger partial charge in [-0.05, 0) is 6.07 Å². The molecule has 3 heterocycles. The average Bonchev–Trinajstić information content (AvgIpc) is 2.90. The van der Waals surface area contributed by atoms with Gasteiger partial charge in [-0.3, -0.25) is 4.79 Å². The van der Waals surface area contributed by atoms with Crippen molar-refractivity contribution in [3.63, 3.8) is 0 Å². The molecule has 7 heteroatoms. The van der Waals surface area contributed by atoms with Crippen molar-refractivity contribution in [2.75, 3.05) is 38.1 Å². The molecular weight excluding hydrogens is 244 g/mol. The minimum absolute atomic E-state index is 0.167. The van der Waals surface area contributed by atoms with Gasteiger partial charge in [0, 0.05) is 39.4 Å². The number of piperazine rings is 1. The highest BCUT2D eigenvalue weighted by molar-refractivity contribution is 5.99. The molecule has 3 rings (SSSR count). The van der Waals surface area contributed by atoms with Crippen LogP contribution in [0, 0.1) is 0 Å². The van der Waals surface area contributed by atoms with Crippen LogP contribution in [0.25, 0.3) is 5.65 Å². The number of carbonyl (C=O) groups excluding carboxylic acids is 1. The summed E-state index contributed by atoms with van der Waals surface area (Å²) < 4.78 is 1.62. The minimum Gasteiger partial charge on any atom is -0.355 e. The Morgan fingerprint density at radius 1 is 1.42 bits per heavy atom. The van der Waals surface area contributed by atoms with Gasteiger partial charge in [0.1, 0.15) is 11.4 Å². The van der Waals surface area contributed by atoms with Crippen molar-refractivity contribution in [1.29, 1.82) is 0 Å². The maximum atomic E-state index is 11.7. The molecule has 100 valence electrons. The summed E-state index contributed by atoms with van der Waals surface area (Å²) in [7, 11) is 1.60. The van der Waals surface area contributed by atoms with Crippen molar-refractivity contribution >= 4 is 17.4 Å². The van der Waals surface area contributed by atoms with Gasteiger partial charge in [-0.15, -0.1) is 0 Å². The summed E-state index contributed by atoms with van der Waals surface area (Å²) in [6, 6.07) is 1.93. The van der Waals surface area contributed by atoms with Crippen LogP contribution in [0.5, 0.6) is 0 Å². The second-order valence-corrected chi connectivity index (χ2v) is 4.43. The zero-order valence-corrected chi connectivity index (χ0v) is 10.8. The molecule has 0 radical (unpaired) electrons. The maximum absolute atomic E-state index is 11.7. The van der Waals surface area contributed by atoms with Crippen molar-refractivity contribution in [2.45, 2.75) is 0 Å². The Balaban J connectivity index is 2.00. The van der Waals surface area contributed by atoms with Crippen LogP contribution in [-0.4, -0.2) is 53.7 Å². The molecule has 1 aliphatic heterocycles. The van der Waals surface area contributed by atoms with Crippen LogP contribution in [0.1, 0.15) is 10.4 Å². The molecule has 0 spiro atoms. The van der Waals surface area contributed by atoms with E-state index in [0.29, 0.717) is 11.2 Å². The van der Waals surface area contributed by atoms with Crippen LogP contribution in [-0.2, 0) is 0 Å². The van der Waals surface area contributed by atoms with Gasteiger partial charge in [0.05, 0.1) is 6.20 Å². The second kappa shape index (κ2) is 4.85. The van der Waals surface area contributed by atoms with Crippen LogP contribution in [0.2, 0.25) is 0 Å². The molecule has 2 aromatic heterocycles. The number of anilines is 1. The summed E-state index contributed by atoms with van der Waals surface area (Å²) in [6.45, 7) is 3.75. The number of carbonyl (C=O) groups is 1. The van der Waals surface area contributed by atoms with E-state index < -0.39 is 0 Å². The van der Waals surface area contributed by atoms with E-state index in [1.807, 2.05) is 12.3 Å². The number of fused-ring (bicyclic) bond motifs is 1. The van der Waals surface area contributed by atoms with E-state index in [-0.39, 0.29) is 5.91 Å². The molecule has 0 aliphatic carbocycles. The summed E-state index contributed by atoms with van der Waals surface area (Å²) in [5.74, 6) is 0.722. The normalized spacial score (nSPS) is 15.7. The van der Waals surface area contributed by atoms with Gasteiger partial charge >= 0.3 is 0 Å². The van der Waals surface area contributed by atoms with Gasteiger partial charge in [-0.25, -0.2) is 9.50 Å². The largest absolute Gasteiger partial charge is 0.355 e. The van der Waals surface area contributed by atoms with Crippen molar-refractivity contribution in [3.05, 3.63) is 24.0 Å². The predicted octanol–water partition coefficient (Wildman–Crippen LogP) is -0.501. The lowest BCUT2D eigenvalue weighted by Crippen LogP contribution is -2.43. The van der Waals surface area contributed by atoms with Gasteiger partial charge < -0.3 is 15.5 Å². The lowest BCUT2D eigenvalue weighted by Gasteiger charge is -2.28. The van der Waals surface area contributed by atoms with Crippen LogP contribution in [0.4, 0.5) is 5.82 Å². The fraction of sp³-hybridized carbons (Fsp3) is 0.417. The van der Waals surface area contributed by atoms with Gasteiger partial charge in [-0.1, -0.05) is 0 Å². The monoisotopic (exact) mass is 260 g/mol. The second-order valence-electron chi connectivity index (χ2n) is 4.43. The van der Waals surface area contributed by atoms with E-state index in [4.69, 9.17) is 0 Å². The van der Waals surface area contributed by atoms with Gasteiger partial charge in [0.15, 0.2) is 5.65 Å². The summed E-state index contributed by atoms with van der Waals surface area (Å²) >= 11 is 0. The Morgan fingerprint density at radius 2 is 2.21 bits per heavy atom. The Morgan fingerprint density at radius 3 is 2.95 bits per heavy atom. The van der Waals surface area contributed by atoms with Crippen LogP contribution >= 0.6 is 0 Å². The molecule has 19 heavy (non-hydrogen) atoms. The van der Waals surface area contributed by atoms with E-state index in [1.54, 1.807) is 17.8 Å². The van der Waals surface area contributed by atoms with E-state index in [0.717, 1.165) is 32.0 Å². The minimum atomic E-state index is -0.167. The highest BCUT2D eigenvalue weighted by Crippen LogP contribution is 2.15. The molecule has 2 aromatic rings. The summed E-state index contributed by atoms with van der Waals surface area (Å²) in [4.78, 5) is 18.5. The van der Waals surface area contributed by atoms with Crippen LogP contribution in [0.3, 0.4) is 0 Å². The standard InChI is InChI=1S/C12H16N6O/c1-13-12(19)9-8-15-18-5-2-10(16-11(9)18)17-6-3-14-4-7-17/h2,5,8,14H,3-4,6-7H2,1H3,(H,13,19). The van der Waals surface area contributed by atoms with Crippen molar-refractivity contribution < 1.29 is 4.79 Å².